The van der Waals surface area contributed by atoms with Crippen molar-refractivity contribution in [3.05, 3.63) is 0 Å². The van der Waals surface area contributed by atoms with Gasteiger partial charge in [0.15, 0.2) is 0 Å². The number of carbonyl (C=O) groups excluding carboxylic acids is 1. The fourth-order valence-corrected chi connectivity index (χ4v) is 2.38. The van der Waals surface area contributed by atoms with Gasteiger partial charge in [-0.15, -0.1) is 0 Å². The van der Waals surface area contributed by atoms with E-state index in [0.717, 1.165) is 25.3 Å². The highest BCUT2D eigenvalue weighted by Crippen LogP contribution is 2.31. The van der Waals surface area contributed by atoms with Gasteiger partial charge in [0.05, 0.1) is 0 Å². The van der Waals surface area contributed by atoms with Gasteiger partial charge in [0.2, 0.25) is 5.91 Å². The Labute approximate surface area is 67.6 Å². The molecule has 2 aliphatic heterocycles. The Balaban J connectivity index is 2.14. The Morgan fingerprint density at radius 3 is 3.00 bits per heavy atom. The first-order chi connectivity index (χ1) is 5.29. The molecule has 2 nitrogen and oxygen atoms in total. The van der Waals surface area contributed by atoms with E-state index in [1.165, 1.54) is 12.8 Å². The lowest BCUT2D eigenvalue weighted by atomic mass is 9.91. The molecule has 0 unspecified atom stereocenters. The summed E-state index contributed by atoms with van der Waals surface area (Å²) in [7, 11) is 0. The summed E-state index contributed by atoms with van der Waals surface area (Å²) in [5, 5.41) is 0. The van der Waals surface area contributed by atoms with Gasteiger partial charge < -0.3 is 4.90 Å². The molecular weight excluding hydrogens is 138 g/mol. The SMILES string of the molecule is C[C@H]1CCC(=O)N2CCC[C@@H]12. The molecule has 0 saturated carbocycles. The third-order valence-electron chi connectivity index (χ3n) is 3.09. The van der Waals surface area contributed by atoms with E-state index in [1.807, 2.05) is 0 Å². The predicted octanol–water partition coefficient (Wildman–Crippen LogP) is 1.41. The van der Waals surface area contributed by atoms with Crippen LogP contribution in [0.3, 0.4) is 0 Å². The van der Waals surface area contributed by atoms with Crippen molar-refractivity contribution in [3.63, 3.8) is 0 Å². The maximum Gasteiger partial charge on any atom is 0.222 e. The number of hydrogen-bond donors (Lipinski definition) is 0. The molecule has 2 heteroatoms. The minimum Gasteiger partial charge on any atom is -0.339 e. The smallest absolute Gasteiger partial charge is 0.222 e. The molecule has 2 aliphatic rings. The first-order valence-corrected chi connectivity index (χ1v) is 4.58. The summed E-state index contributed by atoms with van der Waals surface area (Å²) in [5.41, 5.74) is 0. The van der Waals surface area contributed by atoms with E-state index < -0.39 is 0 Å². The molecule has 0 bridgehead atoms. The summed E-state index contributed by atoms with van der Waals surface area (Å²) in [6.07, 6.45) is 4.37. The molecule has 2 atom stereocenters. The van der Waals surface area contributed by atoms with Crippen LogP contribution < -0.4 is 0 Å². The number of piperidine rings is 1. The summed E-state index contributed by atoms with van der Waals surface area (Å²) in [6.45, 7) is 3.29. The molecule has 0 aliphatic carbocycles. The Bertz CT molecular complexity index is 178. The fraction of sp³-hybridized carbons (Fsp3) is 0.889. The molecule has 0 aromatic carbocycles. The highest BCUT2D eigenvalue weighted by molar-refractivity contribution is 5.77. The Hall–Kier alpha value is -0.530. The van der Waals surface area contributed by atoms with Crippen molar-refractivity contribution in [1.29, 1.82) is 0 Å². The number of rotatable bonds is 0. The molecule has 2 heterocycles. The summed E-state index contributed by atoms with van der Waals surface area (Å²) < 4.78 is 0. The normalized spacial score (nSPS) is 37.5. The van der Waals surface area contributed by atoms with Gasteiger partial charge >= 0.3 is 0 Å². The van der Waals surface area contributed by atoms with Crippen molar-refractivity contribution in [2.75, 3.05) is 6.54 Å². The minimum atomic E-state index is 0.394. The number of fused-ring (bicyclic) bond motifs is 1. The monoisotopic (exact) mass is 153 g/mol. The molecule has 2 rings (SSSR count). The van der Waals surface area contributed by atoms with Crippen molar-refractivity contribution >= 4 is 5.91 Å². The molecule has 0 aromatic heterocycles. The average Bonchev–Trinajstić information content (AvgIpc) is 2.45. The number of hydrogen-bond acceptors (Lipinski definition) is 1. The standard InChI is InChI=1S/C9H15NO/c1-7-4-5-9(11)10-6-2-3-8(7)10/h7-8H,2-6H2,1H3/t7-,8-/m0/s1. The first kappa shape index (κ1) is 7.14. The van der Waals surface area contributed by atoms with Gasteiger partial charge in [-0.25, -0.2) is 0 Å². The van der Waals surface area contributed by atoms with E-state index >= 15 is 0 Å². The van der Waals surface area contributed by atoms with Crippen molar-refractivity contribution in [1.82, 2.24) is 4.90 Å². The van der Waals surface area contributed by atoms with Gasteiger partial charge in [0.25, 0.3) is 0 Å². The Kier molecular flexibility index (Phi) is 1.63. The maximum absolute atomic E-state index is 11.3. The van der Waals surface area contributed by atoms with Crippen LogP contribution in [0, 0.1) is 5.92 Å². The maximum atomic E-state index is 11.3. The average molecular weight is 153 g/mol. The molecule has 0 radical (unpaired) electrons. The molecule has 0 N–H and O–H groups in total. The van der Waals surface area contributed by atoms with Crippen LogP contribution in [0.15, 0.2) is 0 Å². The highest BCUT2D eigenvalue weighted by Gasteiger charge is 2.35. The van der Waals surface area contributed by atoms with Gasteiger partial charge in [-0.05, 0) is 25.2 Å². The number of nitrogens with zero attached hydrogens (tertiary/aromatic N) is 1. The summed E-state index contributed by atoms with van der Waals surface area (Å²) in [6, 6.07) is 0.594. The predicted molar refractivity (Wildman–Crippen MR) is 43.1 cm³/mol. The van der Waals surface area contributed by atoms with Crippen LogP contribution in [0.5, 0.6) is 0 Å². The summed E-state index contributed by atoms with van der Waals surface area (Å²) >= 11 is 0. The molecular formula is C9H15NO. The van der Waals surface area contributed by atoms with Crippen LogP contribution >= 0.6 is 0 Å². The molecule has 11 heavy (non-hydrogen) atoms. The molecule has 2 fully saturated rings. The second-order valence-corrected chi connectivity index (χ2v) is 3.81. The second-order valence-electron chi connectivity index (χ2n) is 3.81. The first-order valence-electron chi connectivity index (χ1n) is 4.58. The molecule has 0 aromatic rings. The molecule has 62 valence electrons. The Morgan fingerprint density at radius 2 is 2.27 bits per heavy atom. The zero-order valence-corrected chi connectivity index (χ0v) is 7.05. The van der Waals surface area contributed by atoms with Crippen LogP contribution in [-0.4, -0.2) is 23.4 Å². The van der Waals surface area contributed by atoms with Gasteiger partial charge in [-0.3, -0.25) is 4.79 Å². The van der Waals surface area contributed by atoms with E-state index in [-0.39, 0.29) is 0 Å². The van der Waals surface area contributed by atoms with E-state index in [1.54, 1.807) is 0 Å². The topological polar surface area (TPSA) is 20.3 Å². The summed E-state index contributed by atoms with van der Waals surface area (Å²) in [4.78, 5) is 13.4. The zero-order chi connectivity index (χ0) is 7.84. The quantitative estimate of drug-likeness (QED) is 0.515. The lowest BCUT2D eigenvalue weighted by Crippen LogP contribution is -2.43. The van der Waals surface area contributed by atoms with Crippen LogP contribution in [0.4, 0.5) is 0 Å². The highest BCUT2D eigenvalue weighted by atomic mass is 16.2. The largest absolute Gasteiger partial charge is 0.339 e. The van der Waals surface area contributed by atoms with Crippen LogP contribution in [0.25, 0.3) is 0 Å². The number of carbonyl (C=O) groups is 1. The van der Waals surface area contributed by atoms with Crippen molar-refractivity contribution < 1.29 is 4.79 Å². The third-order valence-corrected chi connectivity index (χ3v) is 3.09. The van der Waals surface area contributed by atoms with E-state index in [4.69, 9.17) is 0 Å². The van der Waals surface area contributed by atoms with Gasteiger partial charge in [0.1, 0.15) is 0 Å². The number of amides is 1. The molecule has 0 spiro atoms. The zero-order valence-electron chi connectivity index (χ0n) is 7.05. The summed E-state index contributed by atoms with van der Waals surface area (Å²) in [5.74, 6) is 1.14. The second kappa shape index (κ2) is 2.50. The van der Waals surface area contributed by atoms with E-state index in [9.17, 15) is 4.79 Å². The van der Waals surface area contributed by atoms with Crippen molar-refractivity contribution in [2.45, 2.75) is 38.6 Å². The van der Waals surface area contributed by atoms with E-state index in [0.29, 0.717) is 11.9 Å². The molecule has 2 saturated heterocycles. The van der Waals surface area contributed by atoms with Gasteiger partial charge in [-0.2, -0.15) is 0 Å². The minimum absolute atomic E-state index is 0.394. The van der Waals surface area contributed by atoms with Crippen LogP contribution in [0.2, 0.25) is 0 Å². The van der Waals surface area contributed by atoms with Crippen LogP contribution in [-0.2, 0) is 4.79 Å². The Morgan fingerprint density at radius 1 is 1.45 bits per heavy atom. The molecule has 1 amide bonds. The lowest BCUT2D eigenvalue weighted by Gasteiger charge is -2.34. The van der Waals surface area contributed by atoms with Crippen LogP contribution in [0.1, 0.15) is 32.6 Å². The van der Waals surface area contributed by atoms with Gasteiger partial charge in [0, 0.05) is 19.0 Å². The van der Waals surface area contributed by atoms with E-state index in [2.05, 4.69) is 11.8 Å². The van der Waals surface area contributed by atoms with Crippen molar-refractivity contribution in [3.8, 4) is 0 Å². The lowest BCUT2D eigenvalue weighted by molar-refractivity contribution is -0.136. The fourth-order valence-electron chi connectivity index (χ4n) is 2.38. The van der Waals surface area contributed by atoms with Crippen molar-refractivity contribution in [2.24, 2.45) is 5.92 Å². The third kappa shape index (κ3) is 1.05. The van der Waals surface area contributed by atoms with Gasteiger partial charge in [-0.1, -0.05) is 6.92 Å².